The smallest absolute Gasteiger partial charge is 0.293 e. The lowest BCUT2D eigenvalue weighted by molar-refractivity contribution is -0.123. The van der Waals surface area contributed by atoms with Crippen molar-refractivity contribution in [2.45, 2.75) is 25.9 Å². The number of carbonyl (C=O) groups excluding carboxylic acids is 2. The largest absolute Gasteiger partial charge is 0.369 e. The third-order valence-corrected chi connectivity index (χ3v) is 5.75. The number of primary amides is 1. The highest BCUT2D eigenvalue weighted by atomic mass is 19.1. The third kappa shape index (κ3) is 4.57. The molecule has 162 valence electrons. The summed E-state index contributed by atoms with van der Waals surface area (Å²) < 4.78 is 15.3. The number of hydrogen-bond donors (Lipinski definition) is 3. The van der Waals surface area contributed by atoms with Crippen molar-refractivity contribution in [1.29, 1.82) is 0 Å². The number of nitrogens with zero attached hydrogens (tertiary/aromatic N) is 3. The Bertz CT molecular complexity index is 1110. The molecule has 0 bridgehead atoms. The van der Waals surface area contributed by atoms with Crippen LogP contribution >= 0.6 is 0 Å². The predicted molar refractivity (Wildman–Crippen MR) is 112 cm³/mol. The Morgan fingerprint density at radius 2 is 2.03 bits per heavy atom. The molecular formula is C22H24FN5O3. The van der Waals surface area contributed by atoms with E-state index in [-0.39, 0.29) is 23.3 Å². The van der Waals surface area contributed by atoms with Crippen molar-refractivity contribution in [2.24, 2.45) is 11.7 Å². The second-order valence-corrected chi connectivity index (χ2v) is 7.91. The number of likely N-dealkylation sites (tertiary alicyclic amines) is 1. The molecule has 1 fully saturated rings. The van der Waals surface area contributed by atoms with Crippen LogP contribution in [0.1, 0.15) is 34.5 Å². The molecule has 0 saturated carbocycles. The zero-order valence-corrected chi connectivity index (χ0v) is 16.9. The highest BCUT2D eigenvalue weighted by molar-refractivity contribution is 5.96. The van der Waals surface area contributed by atoms with E-state index in [4.69, 9.17) is 10.9 Å². The Morgan fingerprint density at radius 3 is 2.74 bits per heavy atom. The number of hydroxylamine groups is 1. The van der Waals surface area contributed by atoms with Gasteiger partial charge in [0.15, 0.2) is 0 Å². The molecule has 31 heavy (non-hydrogen) atoms. The van der Waals surface area contributed by atoms with Crippen LogP contribution in [0.3, 0.4) is 0 Å². The molecule has 0 aliphatic carbocycles. The number of carbonyl (C=O) groups is 2. The van der Waals surface area contributed by atoms with Gasteiger partial charge >= 0.3 is 0 Å². The number of halogens is 1. The summed E-state index contributed by atoms with van der Waals surface area (Å²) in [7, 11) is 0. The van der Waals surface area contributed by atoms with Gasteiger partial charge in [-0.05, 0) is 48.7 Å². The van der Waals surface area contributed by atoms with E-state index in [2.05, 4.69) is 9.88 Å². The number of piperidine rings is 1. The van der Waals surface area contributed by atoms with Gasteiger partial charge < -0.3 is 10.3 Å². The molecule has 2 aromatic heterocycles. The number of hydrogen-bond acceptors (Lipinski definition) is 5. The van der Waals surface area contributed by atoms with Crippen LogP contribution in [-0.4, -0.2) is 44.6 Å². The van der Waals surface area contributed by atoms with Gasteiger partial charge in [0.2, 0.25) is 5.91 Å². The van der Waals surface area contributed by atoms with Gasteiger partial charge in [-0.3, -0.25) is 19.7 Å². The number of pyridine rings is 1. The second kappa shape index (κ2) is 8.83. The van der Waals surface area contributed by atoms with Crippen LogP contribution in [-0.2, 0) is 17.9 Å². The number of nitrogens with one attached hydrogen (secondary N) is 1. The number of rotatable bonds is 6. The number of aromatic nitrogens is 2. The summed E-state index contributed by atoms with van der Waals surface area (Å²) in [6, 6.07) is 7.93. The minimum atomic E-state index is -0.689. The van der Waals surface area contributed by atoms with Crippen molar-refractivity contribution in [1.82, 2.24) is 19.9 Å². The fourth-order valence-electron chi connectivity index (χ4n) is 4.16. The van der Waals surface area contributed by atoms with Gasteiger partial charge in [-0.1, -0.05) is 12.1 Å². The van der Waals surface area contributed by atoms with Gasteiger partial charge in [0, 0.05) is 31.2 Å². The topological polar surface area (TPSA) is 113 Å². The van der Waals surface area contributed by atoms with E-state index in [0.717, 1.165) is 41.4 Å². The molecule has 8 nitrogen and oxygen atoms in total. The summed E-state index contributed by atoms with van der Waals surface area (Å²) in [6.07, 6.45) is 5.27. The summed E-state index contributed by atoms with van der Waals surface area (Å²) in [5.41, 5.74) is 9.93. The molecule has 0 radical (unpaired) electrons. The Morgan fingerprint density at radius 1 is 1.26 bits per heavy atom. The molecule has 1 aliphatic heterocycles. The molecule has 0 spiro atoms. The van der Waals surface area contributed by atoms with Crippen LogP contribution in [0.2, 0.25) is 0 Å². The monoisotopic (exact) mass is 425 g/mol. The van der Waals surface area contributed by atoms with E-state index >= 15 is 0 Å². The average molecular weight is 425 g/mol. The van der Waals surface area contributed by atoms with Gasteiger partial charge in [-0.25, -0.2) is 14.9 Å². The van der Waals surface area contributed by atoms with Gasteiger partial charge in [0.25, 0.3) is 5.91 Å². The zero-order chi connectivity index (χ0) is 22.0. The summed E-state index contributed by atoms with van der Waals surface area (Å²) in [4.78, 5) is 29.9. The quantitative estimate of drug-likeness (QED) is 0.413. The molecule has 4 N–H and O–H groups in total. The van der Waals surface area contributed by atoms with Gasteiger partial charge in [-0.15, -0.1) is 0 Å². The molecule has 1 saturated heterocycles. The lowest BCUT2D eigenvalue weighted by Crippen LogP contribution is -2.40. The van der Waals surface area contributed by atoms with Gasteiger partial charge in [0.1, 0.15) is 11.5 Å². The maximum atomic E-state index is 13.3. The average Bonchev–Trinajstić information content (AvgIpc) is 3.11. The first-order chi connectivity index (χ1) is 14.9. The number of fused-ring (bicyclic) bond motifs is 1. The fourth-order valence-corrected chi connectivity index (χ4v) is 4.16. The molecule has 9 heteroatoms. The Labute approximate surface area is 178 Å². The van der Waals surface area contributed by atoms with Gasteiger partial charge in [-0.2, -0.15) is 0 Å². The number of benzene rings is 1. The minimum Gasteiger partial charge on any atom is -0.369 e. The van der Waals surface area contributed by atoms with Crippen molar-refractivity contribution in [3.8, 4) is 0 Å². The predicted octanol–water partition coefficient (Wildman–Crippen LogP) is 2.04. The molecule has 3 aromatic rings. The first-order valence-corrected chi connectivity index (χ1v) is 10.1. The zero-order valence-electron chi connectivity index (χ0n) is 16.9. The van der Waals surface area contributed by atoms with E-state index in [1.54, 1.807) is 29.9 Å². The lowest BCUT2D eigenvalue weighted by atomic mass is 9.97. The minimum absolute atomic E-state index is 0.101. The van der Waals surface area contributed by atoms with Crippen LogP contribution in [0.15, 0.2) is 42.7 Å². The maximum absolute atomic E-state index is 13.3. The molecule has 2 amide bonds. The molecule has 1 aliphatic rings. The Hall–Kier alpha value is -3.30. The van der Waals surface area contributed by atoms with Crippen molar-refractivity contribution in [3.05, 3.63) is 65.4 Å². The lowest BCUT2D eigenvalue weighted by Gasteiger charge is -2.30. The first-order valence-electron chi connectivity index (χ1n) is 10.1. The van der Waals surface area contributed by atoms with Crippen LogP contribution in [0.5, 0.6) is 0 Å². The second-order valence-electron chi connectivity index (χ2n) is 7.91. The van der Waals surface area contributed by atoms with Crippen molar-refractivity contribution in [3.63, 3.8) is 0 Å². The van der Waals surface area contributed by atoms with E-state index in [0.29, 0.717) is 19.6 Å². The van der Waals surface area contributed by atoms with E-state index in [1.807, 2.05) is 10.8 Å². The van der Waals surface area contributed by atoms with Crippen molar-refractivity contribution >= 4 is 22.7 Å². The third-order valence-electron chi connectivity index (χ3n) is 5.75. The first kappa shape index (κ1) is 21.0. The maximum Gasteiger partial charge on any atom is 0.293 e. The summed E-state index contributed by atoms with van der Waals surface area (Å²) in [5.74, 6) is -1.43. The summed E-state index contributed by atoms with van der Waals surface area (Å²) in [5, 5.41) is 9.80. The Kier molecular flexibility index (Phi) is 5.97. The van der Waals surface area contributed by atoms with Crippen LogP contribution in [0.4, 0.5) is 4.39 Å². The van der Waals surface area contributed by atoms with Crippen LogP contribution in [0.25, 0.3) is 10.9 Å². The SMILES string of the molecule is NC(=O)C1CCCN(Cc2cn(Cc3ccc(F)cc3)c3cnc(C(=O)NO)cc23)C1. The van der Waals surface area contributed by atoms with Crippen LogP contribution in [0, 0.1) is 11.7 Å². The number of amides is 2. The number of nitrogens with two attached hydrogens (primary N) is 1. The van der Waals surface area contributed by atoms with E-state index < -0.39 is 5.91 Å². The molecular weight excluding hydrogens is 401 g/mol. The molecule has 1 unspecified atom stereocenters. The van der Waals surface area contributed by atoms with Crippen LogP contribution < -0.4 is 11.2 Å². The fraction of sp³-hybridized carbons (Fsp3) is 0.318. The highest BCUT2D eigenvalue weighted by Crippen LogP contribution is 2.26. The molecule has 1 atom stereocenters. The van der Waals surface area contributed by atoms with Crippen molar-refractivity contribution in [2.75, 3.05) is 13.1 Å². The highest BCUT2D eigenvalue weighted by Gasteiger charge is 2.25. The Balaban J connectivity index is 1.69. The van der Waals surface area contributed by atoms with E-state index in [1.165, 1.54) is 12.1 Å². The normalized spacial score (nSPS) is 17.0. The molecule has 1 aromatic carbocycles. The summed E-state index contributed by atoms with van der Waals surface area (Å²) in [6.45, 7) is 2.54. The standard InChI is InChI=1S/C22H24FN5O3/c23-17-5-3-14(4-6-17)10-28-13-16(12-27-7-1-2-15(11-27)21(24)29)18-8-19(22(30)26-31)25-9-20(18)28/h3-6,8-9,13,15,31H,1-2,7,10-12H2,(H2,24,29)(H,26,30). The molecule has 4 rings (SSSR count). The van der Waals surface area contributed by atoms with Crippen molar-refractivity contribution < 1.29 is 19.2 Å². The summed E-state index contributed by atoms with van der Waals surface area (Å²) >= 11 is 0. The van der Waals surface area contributed by atoms with Gasteiger partial charge in [0.05, 0.1) is 17.6 Å². The molecule has 3 heterocycles. The van der Waals surface area contributed by atoms with E-state index in [9.17, 15) is 14.0 Å².